The number of carbonyl (C=O) groups is 1. The second kappa shape index (κ2) is 6.07. The molecule has 1 aliphatic rings. The zero-order valence-electron chi connectivity index (χ0n) is 12.0. The lowest BCUT2D eigenvalue weighted by atomic mass is 10.1. The van der Waals surface area contributed by atoms with Crippen molar-refractivity contribution in [3.05, 3.63) is 33.6 Å². The third-order valence-electron chi connectivity index (χ3n) is 3.92. The summed E-state index contributed by atoms with van der Waals surface area (Å²) in [6.07, 6.45) is 3.99. The highest BCUT2D eigenvalue weighted by Crippen LogP contribution is 2.35. The molecule has 0 aromatic heterocycles. The standard InChI is InChI=1S/C14H17FN2O4/c1-16(9-5-3-4-6-9)12-7-10(14(18)21-2)11(15)8-13(12)17(19)20/h7-9H,3-6H2,1-2H3. The zero-order valence-corrected chi connectivity index (χ0v) is 12.0. The number of benzene rings is 1. The minimum Gasteiger partial charge on any atom is -0.465 e. The van der Waals surface area contributed by atoms with Gasteiger partial charge >= 0.3 is 5.97 Å². The van der Waals surface area contributed by atoms with Crippen LogP contribution >= 0.6 is 0 Å². The van der Waals surface area contributed by atoms with E-state index in [0.717, 1.165) is 38.9 Å². The molecule has 1 saturated carbocycles. The highest BCUT2D eigenvalue weighted by atomic mass is 19.1. The number of nitro benzene ring substituents is 1. The van der Waals surface area contributed by atoms with Gasteiger partial charge in [-0.15, -0.1) is 0 Å². The summed E-state index contributed by atoms with van der Waals surface area (Å²) in [4.78, 5) is 23.8. The largest absolute Gasteiger partial charge is 0.465 e. The second-order valence-corrected chi connectivity index (χ2v) is 5.12. The van der Waals surface area contributed by atoms with Crippen molar-refractivity contribution in [3.63, 3.8) is 0 Å². The Morgan fingerprint density at radius 1 is 1.43 bits per heavy atom. The van der Waals surface area contributed by atoms with E-state index >= 15 is 0 Å². The fourth-order valence-electron chi connectivity index (χ4n) is 2.73. The van der Waals surface area contributed by atoms with Gasteiger partial charge < -0.3 is 9.64 Å². The van der Waals surface area contributed by atoms with Crippen LogP contribution in [0.5, 0.6) is 0 Å². The molecule has 1 aliphatic carbocycles. The summed E-state index contributed by atoms with van der Waals surface area (Å²) in [5.41, 5.74) is -0.383. The highest BCUT2D eigenvalue weighted by molar-refractivity contribution is 5.92. The lowest BCUT2D eigenvalue weighted by Gasteiger charge is -2.26. The molecule has 0 atom stereocenters. The van der Waals surface area contributed by atoms with E-state index in [9.17, 15) is 19.3 Å². The summed E-state index contributed by atoms with van der Waals surface area (Å²) in [5.74, 6) is -1.79. The zero-order chi connectivity index (χ0) is 15.6. The predicted molar refractivity (Wildman–Crippen MR) is 75.1 cm³/mol. The Hall–Kier alpha value is -2.18. The van der Waals surface area contributed by atoms with Crippen molar-refractivity contribution in [1.82, 2.24) is 0 Å². The molecule has 2 rings (SSSR count). The third-order valence-corrected chi connectivity index (χ3v) is 3.92. The van der Waals surface area contributed by atoms with E-state index in [1.165, 1.54) is 6.07 Å². The van der Waals surface area contributed by atoms with Gasteiger partial charge in [0.05, 0.1) is 23.7 Å². The molecule has 0 N–H and O–H groups in total. The molecule has 0 heterocycles. The van der Waals surface area contributed by atoms with Crippen LogP contribution in [0.4, 0.5) is 15.8 Å². The lowest BCUT2D eigenvalue weighted by molar-refractivity contribution is -0.384. The molecular weight excluding hydrogens is 279 g/mol. The fourth-order valence-corrected chi connectivity index (χ4v) is 2.73. The van der Waals surface area contributed by atoms with E-state index < -0.39 is 16.7 Å². The Bertz CT molecular complexity index is 570. The lowest BCUT2D eigenvalue weighted by Crippen LogP contribution is -2.29. The molecule has 0 bridgehead atoms. The molecular formula is C14H17FN2O4. The van der Waals surface area contributed by atoms with E-state index in [4.69, 9.17) is 0 Å². The Kier molecular flexibility index (Phi) is 4.40. The van der Waals surface area contributed by atoms with Crippen molar-refractivity contribution >= 4 is 17.3 Å². The van der Waals surface area contributed by atoms with Crippen LogP contribution in [-0.2, 0) is 4.74 Å². The van der Waals surface area contributed by atoms with Gasteiger partial charge in [0.25, 0.3) is 5.69 Å². The summed E-state index contributed by atoms with van der Waals surface area (Å²) in [6, 6.07) is 2.16. The van der Waals surface area contributed by atoms with Crippen LogP contribution in [0.25, 0.3) is 0 Å². The molecule has 0 saturated heterocycles. The molecule has 7 heteroatoms. The Morgan fingerprint density at radius 2 is 2.05 bits per heavy atom. The van der Waals surface area contributed by atoms with Crippen LogP contribution in [-0.4, -0.2) is 31.1 Å². The van der Waals surface area contributed by atoms with Gasteiger partial charge in [-0.2, -0.15) is 0 Å². The van der Waals surface area contributed by atoms with Gasteiger partial charge in [0.1, 0.15) is 11.5 Å². The van der Waals surface area contributed by atoms with Gasteiger partial charge in [0.2, 0.25) is 0 Å². The minimum absolute atomic E-state index is 0.166. The second-order valence-electron chi connectivity index (χ2n) is 5.12. The molecule has 0 amide bonds. The fraction of sp³-hybridized carbons (Fsp3) is 0.500. The highest BCUT2D eigenvalue weighted by Gasteiger charge is 2.28. The van der Waals surface area contributed by atoms with Crippen molar-refractivity contribution in [2.75, 3.05) is 19.1 Å². The number of rotatable bonds is 4. The number of esters is 1. The van der Waals surface area contributed by atoms with Crippen molar-refractivity contribution < 1.29 is 18.8 Å². The minimum atomic E-state index is -0.947. The molecule has 1 aromatic carbocycles. The van der Waals surface area contributed by atoms with Crippen molar-refractivity contribution in [3.8, 4) is 0 Å². The van der Waals surface area contributed by atoms with E-state index in [1.807, 2.05) is 0 Å². The topological polar surface area (TPSA) is 72.7 Å². The Morgan fingerprint density at radius 3 is 2.57 bits per heavy atom. The number of nitro groups is 1. The number of halogens is 1. The summed E-state index contributed by atoms with van der Waals surface area (Å²) in [7, 11) is 2.88. The van der Waals surface area contributed by atoms with Crippen molar-refractivity contribution in [2.24, 2.45) is 0 Å². The maximum atomic E-state index is 13.8. The predicted octanol–water partition coefficient (Wildman–Crippen LogP) is 2.90. The van der Waals surface area contributed by atoms with Crippen LogP contribution in [0.15, 0.2) is 12.1 Å². The maximum Gasteiger partial charge on any atom is 0.340 e. The Labute approximate surface area is 121 Å². The smallest absolute Gasteiger partial charge is 0.340 e. The van der Waals surface area contributed by atoms with E-state index in [1.54, 1.807) is 11.9 Å². The average molecular weight is 296 g/mol. The first-order chi connectivity index (χ1) is 9.95. The van der Waals surface area contributed by atoms with Gasteiger partial charge in [0, 0.05) is 13.1 Å². The molecule has 114 valence electrons. The first-order valence-electron chi connectivity index (χ1n) is 6.74. The average Bonchev–Trinajstić information content (AvgIpc) is 2.99. The van der Waals surface area contributed by atoms with E-state index in [0.29, 0.717) is 0 Å². The number of hydrogen-bond acceptors (Lipinski definition) is 5. The quantitative estimate of drug-likeness (QED) is 0.485. The summed E-state index contributed by atoms with van der Waals surface area (Å²) in [6.45, 7) is 0. The number of nitrogens with zero attached hydrogens (tertiary/aromatic N) is 2. The normalized spacial score (nSPS) is 15.0. The first kappa shape index (κ1) is 15.2. The summed E-state index contributed by atoms with van der Waals surface area (Å²) in [5, 5.41) is 11.1. The molecule has 0 spiro atoms. The summed E-state index contributed by atoms with van der Waals surface area (Å²) >= 11 is 0. The van der Waals surface area contributed by atoms with Crippen LogP contribution in [0.3, 0.4) is 0 Å². The van der Waals surface area contributed by atoms with Gasteiger partial charge in [-0.05, 0) is 18.9 Å². The molecule has 0 radical (unpaired) electrons. The van der Waals surface area contributed by atoms with Crippen LogP contribution < -0.4 is 4.90 Å². The number of carbonyl (C=O) groups excluding carboxylic acids is 1. The van der Waals surface area contributed by atoms with Crippen LogP contribution in [0.2, 0.25) is 0 Å². The molecule has 0 aliphatic heterocycles. The third kappa shape index (κ3) is 2.96. The van der Waals surface area contributed by atoms with Crippen LogP contribution in [0, 0.1) is 15.9 Å². The molecule has 1 fully saturated rings. The van der Waals surface area contributed by atoms with E-state index in [-0.39, 0.29) is 23.0 Å². The molecule has 21 heavy (non-hydrogen) atoms. The van der Waals surface area contributed by atoms with Gasteiger partial charge in [-0.25, -0.2) is 9.18 Å². The van der Waals surface area contributed by atoms with Crippen LogP contribution in [0.1, 0.15) is 36.0 Å². The monoisotopic (exact) mass is 296 g/mol. The van der Waals surface area contributed by atoms with E-state index in [2.05, 4.69) is 4.74 Å². The first-order valence-corrected chi connectivity index (χ1v) is 6.74. The molecule has 1 aromatic rings. The number of methoxy groups -OCH3 is 1. The number of anilines is 1. The number of hydrogen-bond donors (Lipinski definition) is 0. The van der Waals surface area contributed by atoms with Crippen molar-refractivity contribution in [1.29, 1.82) is 0 Å². The SMILES string of the molecule is COC(=O)c1cc(N(C)C2CCCC2)c([N+](=O)[O-])cc1F. The maximum absolute atomic E-state index is 13.8. The van der Waals surface area contributed by atoms with Crippen molar-refractivity contribution in [2.45, 2.75) is 31.7 Å². The summed E-state index contributed by atoms with van der Waals surface area (Å²) < 4.78 is 18.4. The van der Waals surface area contributed by atoms with Gasteiger partial charge in [0.15, 0.2) is 0 Å². The van der Waals surface area contributed by atoms with Gasteiger partial charge in [-0.1, -0.05) is 12.8 Å². The Balaban J connectivity index is 2.49. The van der Waals surface area contributed by atoms with Gasteiger partial charge in [-0.3, -0.25) is 10.1 Å². The molecule has 0 unspecified atom stereocenters. The molecule has 6 nitrogen and oxygen atoms in total. The number of ether oxygens (including phenoxy) is 1.